The van der Waals surface area contributed by atoms with Crippen molar-refractivity contribution >= 4 is 23.4 Å². The first kappa shape index (κ1) is 22.6. The first-order chi connectivity index (χ1) is 14.7. The number of nitrogens with one attached hydrogen (secondary N) is 1. The van der Waals surface area contributed by atoms with Gasteiger partial charge in [0, 0.05) is 30.1 Å². The zero-order valence-electron chi connectivity index (χ0n) is 18.6. The van der Waals surface area contributed by atoms with Gasteiger partial charge >= 0.3 is 0 Å². The molecule has 5 atom stereocenters. The average molecular weight is 447 g/mol. The number of carbonyl (C=O) groups is 2. The second-order valence-electron chi connectivity index (χ2n) is 10.5. The number of benzene rings is 1. The Morgan fingerprint density at radius 1 is 1.10 bits per heavy atom. The van der Waals surface area contributed by atoms with E-state index in [1.165, 1.54) is 5.56 Å². The maximum absolute atomic E-state index is 13.5. The second-order valence-corrected chi connectivity index (χ2v) is 10.9. The summed E-state index contributed by atoms with van der Waals surface area (Å²) >= 11 is 6.06. The van der Waals surface area contributed by atoms with Crippen molar-refractivity contribution < 1.29 is 14.7 Å². The molecule has 1 saturated heterocycles. The van der Waals surface area contributed by atoms with Crippen LogP contribution in [0.5, 0.6) is 0 Å². The highest BCUT2D eigenvalue weighted by Crippen LogP contribution is 2.43. The first-order valence-corrected chi connectivity index (χ1v) is 12.1. The van der Waals surface area contributed by atoms with Crippen LogP contribution in [0.15, 0.2) is 24.3 Å². The summed E-state index contributed by atoms with van der Waals surface area (Å²) in [5, 5.41) is 13.6. The summed E-state index contributed by atoms with van der Waals surface area (Å²) in [7, 11) is 0. The van der Waals surface area contributed by atoms with Gasteiger partial charge in [-0.05, 0) is 67.6 Å². The highest BCUT2D eigenvalue weighted by Gasteiger charge is 2.43. The van der Waals surface area contributed by atoms with Crippen LogP contribution >= 0.6 is 11.6 Å². The number of nitrogens with zero attached hydrogens (tertiary/aromatic N) is 1. The summed E-state index contributed by atoms with van der Waals surface area (Å²) in [6, 6.07) is 8.03. The number of aliphatic hydroxyl groups excluding tert-OH is 1. The van der Waals surface area contributed by atoms with E-state index < -0.39 is 0 Å². The van der Waals surface area contributed by atoms with Crippen molar-refractivity contribution in [3.05, 3.63) is 34.9 Å². The van der Waals surface area contributed by atoms with Crippen molar-refractivity contribution in [1.82, 2.24) is 10.2 Å². The molecule has 4 rings (SSSR count). The highest BCUT2D eigenvalue weighted by atomic mass is 35.5. The Balaban J connectivity index is 1.38. The molecule has 2 N–H and O–H groups in total. The van der Waals surface area contributed by atoms with Crippen molar-refractivity contribution in [3.63, 3.8) is 0 Å². The number of aliphatic hydroxyl groups is 1. The van der Waals surface area contributed by atoms with Gasteiger partial charge in [0.15, 0.2) is 0 Å². The normalized spacial score (nSPS) is 32.8. The molecule has 0 radical (unpaired) electrons. The maximum atomic E-state index is 13.5. The summed E-state index contributed by atoms with van der Waals surface area (Å²) in [5.41, 5.74) is 1.25. The number of carbonyl (C=O) groups excluding carboxylic acids is 2. The van der Waals surface area contributed by atoms with Crippen molar-refractivity contribution in [2.75, 3.05) is 13.1 Å². The molecule has 2 amide bonds. The van der Waals surface area contributed by atoms with Gasteiger partial charge in [-0.1, -0.05) is 44.0 Å². The van der Waals surface area contributed by atoms with Crippen LogP contribution in [-0.4, -0.2) is 47.1 Å². The van der Waals surface area contributed by atoms with Gasteiger partial charge in [-0.2, -0.15) is 0 Å². The fourth-order valence-corrected chi connectivity index (χ4v) is 6.14. The van der Waals surface area contributed by atoms with Gasteiger partial charge in [-0.15, -0.1) is 0 Å². The van der Waals surface area contributed by atoms with Gasteiger partial charge < -0.3 is 15.3 Å². The van der Waals surface area contributed by atoms with E-state index in [2.05, 4.69) is 31.3 Å². The highest BCUT2D eigenvalue weighted by molar-refractivity contribution is 6.30. The standard InChI is InChI=1S/C25H35ClN2O3/c1-25(2)15-28(13-12-21(25)16-6-9-18(26)10-7-16)24(31)20-4-3-5-22(20)27-23(30)17-8-11-19(29)14-17/h6-7,9-10,17,19-22,29H,3-5,8,11-15H2,1-2H3,(H,27,30). The molecule has 31 heavy (non-hydrogen) atoms. The van der Waals surface area contributed by atoms with Crippen LogP contribution in [0, 0.1) is 17.3 Å². The van der Waals surface area contributed by atoms with E-state index in [9.17, 15) is 14.7 Å². The Hall–Kier alpha value is -1.59. The molecule has 3 fully saturated rings. The summed E-state index contributed by atoms with van der Waals surface area (Å²) in [5.74, 6) is 0.361. The van der Waals surface area contributed by atoms with Gasteiger partial charge in [0.05, 0.1) is 12.0 Å². The molecule has 5 nitrogen and oxygen atoms in total. The van der Waals surface area contributed by atoms with Crippen LogP contribution in [0.3, 0.4) is 0 Å². The van der Waals surface area contributed by atoms with Crippen LogP contribution in [-0.2, 0) is 9.59 Å². The zero-order chi connectivity index (χ0) is 22.2. The molecule has 0 aromatic heterocycles. The van der Waals surface area contributed by atoms with Crippen molar-refractivity contribution in [3.8, 4) is 0 Å². The minimum atomic E-state index is -0.360. The Labute approximate surface area is 190 Å². The first-order valence-electron chi connectivity index (χ1n) is 11.8. The molecule has 1 aromatic carbocycles. The van der Waals surface area contributed by atoms with E-state index in [0.717, 1.165) is 50.2 Å². The molecule has 0 spiro atoms. The smallest absolute Gasteiger partial charge is 0.227 e. The Bertz CT molecular complexity index is 809. The topological polar surface area (TPSA) is 69.6 Å². The third-order valence-corrected chi connectivity index (χ3v) is 8.00. The van der Waals surface area contributed by atoms with Gasteiger partial charge in [0.25, 0.3) is 0 Å². The molecule has 1 aromatic rings. The third-order valence-electron chi connectivity index (χ3n) is 7.75. The number of hydrogen-bond donors (Lipinski definition) is 2. The van der Waals surface area contributed by atoms with Crippen LogP contribution in [0.25, 0.3) is 0 Å². The van der Waals surface area contributed by atoms with E-state index in [4.69, 9.17) is 11.6 Å². The Morgan fingerprint density at radius 2 is 1.84 bits per heavy atom. The number of hydrogen-bond acceptors (Lipinski definition) is 3. The van der Waals surface area contributed by atoms with Crippen LogP contribution in [0.4, 0.5) is 0 Å². The number of rotatable bonds is 4. The van der Waals surface area contributed by atoms with E-state index in [-0.39, 0.29) is 41.2 Å². The summed E-state index contributed by atoms with van der Waals surface area (Å²) in [6.45, 7) is 5.96. The fraction of sp³-hybridized carbons (Fsp3) is 0.680. The molecule has 1 aliphatic heterocycles. The SMILES string of the molecule is CC1(C)CN(C(=O)C2CCCC2NC(=O)C2CCC(O)C2)CCC1c1ccc(Cl)cc1. The van der Waals surface area contributed by atoms with Crippen LogP contribution < -0.4 is 5.32 Å². The predicted octanol–water partition coefficient (Wildman–Crippen LogP) is 4.13. The van der Waals surface area contributed by atoms with E-state index in [1.807, 2.05) is 17.0 Å². The molecule has 3 aliphatic rings. The van der Waals surface area contributed by atoms with Crippen molar-refractivity contribution in [2.24, 2.45) is 17.3 Å². The number of likely N-dealkylation sites (tertiary alicyclic amines) is 1. The van der Waals surface area contributed by atoms with Gasteiger partial charge in [-0.3, -0.25) is 9.59 Å². The molecular formula is C25H35ClN2O3. The largest absolute Gasteiger partial charge is 0.393 e. The Morgan fingerprint density at radius 3 is 2.48 bits per heavy atom. The van der Waals surface area contributed by atoms with Crippen molar-refractivity contribution in [2.45, 2.75) is 76.9 Å². The van der Waals surface area contributed by atoms with Gasteiger partial charge in [0.1, 0.15) is 0 Å². The molecule has 6 heteroatoms. The monoisotopic (exact) mass is 446 g/mol. The molecule has 2 aliphatic carbocycles. The lowest BCUT2D eigenvalue weighted by molar-refractivity contribution is -0.140. The number of amides is 2. The molecule has 5 unspecified atom stereocenters. The fourth-order valence-electron chi connectivity index (χ4n) is 6.02. The van der Waals surface area contributed by atoms with Crippen LogP contribution in [0.1, 0.15) is 70.3 Å². The summed E-state index contributed by atoms with van der Waals surface area (Å²) in [4.78, 5) is 28.1. The van der Waals surface area contributed by atoms with Gasteiger partial charge in [-0.25, -0.2) is 0 Å². The lowest BCUT2D eigenvalue weighted by atomic mass is 9.70. The number of piperidine rings is 1. The lowest BCUT2D eigenvalue weighted by Crippen LogP contribution is -2.52. The second kappa shape index (κ2) is 9.11. The number of halogens is 1. The third kappa shape index (κ3) is 4.93. The van der Waals surface area contributed by atoms with E-state index >= 15 is 0 Å². The molecule has 2 saturated carbocycles. The zero-order valence-corrected chi connectivity index (χ0v) is 19.4. The average Bonchev–Trinajstić information content (AvgIpc) is 3.36. The van der Waals surface area contributed by atoms with Crippen molar-refractivity contribution in [1.29, 1.82) is 0 Å². The predicted molar refractivity (Wildman–Crippen MR) is 122 cm³/mol. The molecular weight excluding hydrogens is 412 g/mol. The van der Waals surface area contributed by atoms with E-state index in [1.54, 1.807) is 0 Å². The summed E-state index contributed by atoms with van der Waals surface area (Å²) < 4.78 is 0. The van der Waals surface area contributed by atoms with Gasteiger partial charge in [0.2, 0.25) is 11.8 Å². The minimum absolute atomic E-state index is 0.0167. The summed E-state index contributed by atoms with van der Waals surface area (Å²) in [6.07, 6.45) is 5.23. The van der Waals surface area contributed by atoms with Crippen LogP contribution in [0.2, 0.25) is 5.02 Å². The Kier molecular flexibility index (Phi) is 6.64. The molecule has 170 valence electrons. The maximum Gasteiger partial charge on any atom is 0.227 e. The quantitative estimate of drug-likeness (QED) is 0.730. The van der Waals surface area contributed by atoms with E-state index in [0.29, 0.717) is 18.8 Å². The molecule has 1 heterocycles. The minimum Gasteiger partial charge on any atom is -0.393 e. The lowest BCUT2D eigenvalue weighted by Gasteiger charge is -2.45. The molecule has 0 bridgehead atoms.